The van der Waals surface area contributed by atoms with Crippen molar-refractivity contribution in [3.05, 3.63) is 76.9 Å². The maximum absolute atomic E-state index is 2.56. The predicted octanol–water partition coefficient (Wildman–Crippen LogP) is 1.07. The summed E-state index contributed by atoms with van der Waals surface area (Å²) < 4.78 is 0. The number of fused-ring (bicyclic) bond motifs is 2. The van der Waals surface area contributed by atoms with Crippen molar-refractivity contribution < 1.29 is 17.3 Å². The summed E-state index contributed by atoms with van der Waals surface area (Å²) >= 11 is 0. The summed E-state index contributed by atoms with van der Waals surface area (Å²) in [5.74, 6) is 0. The third-order valence-electron chi connectivity index (χ3n) is 6.18. The number of nitrogens with one attached hydrogen (secondary N) is 1. The summed E-state index contributed by atoms with van der Waals surface area (Å²) in [6.45, 7) is 1.33. The smallest absolute Gasteiger partial charge is 0.0907 e. The molecule has 26 heavy (non-hydrogen) atoms. The van der Waals surface area contributed by atoms with Crippen molar-refractivity contribution in [2.24, 2.45) is 0 Å². The Morgan fingerprint density at radius 1 is 0.885 bits per heavy atom. The second-order valence-electron chi connectivity index (χ2n) is 7.81. The number of hydrogen-bond donors (Lipinski definition) is 1. The van der Waals surface area contributed by atoms with E-state index in [0.717, 1.165) is 6.04 Å². The first-order chi connectivity index (χ1) is 12.3. The molecule has 0 spiro atoms. The molecule has 1 aliphatic carbocycles. The van der Waals surface area contributed by atoms with Crippen LogP contribution in [0.15, 0.2) is 54.6 Å². The van der Waals surface area contributed by atoms with Gasteiger partial charge < -0.3 is 17.3 Å². The number of likely N-dealkylation sites (tertiary alicyclic amines) is 1. The zero-order chi connectivity index (χ0) is 17.1. The van der Waals surface area contributed by atoms with Gasteiger partial charge in [0.15, 0.2) is 0 Å². The van der Waals surface area contributed by atoms with Crippen LogP contribution in [0, 0.1) is 0 Å². The van der Waals surface area contributed by atoms with Crippen molar-refractivity contribution in [2.75, 3.05) is 13.6 Å². The van der Waals surface area contributed by atoms with E-state index in [4.69, 9.17) is 0 Å². The van der Waals surface area contributed by atoms with E-state index in [1.54, 1.807) is 4.90 Å². The Bertz CT molecular complexity index is 715. The zero-order valence-electron chi connectivity index (χ0n) is 15.8. The topological polar surface area (TPSA) is 4.44 Å². The van der Waals surface area contributed by atoms with Gasteiger partial charge in [-0.05, 0) is 66.4 Å². The van der Waals surface area contributed by atoms with Crippen LogP contribution >= 0.6 is 0 Å². The molecule has 2 aromatic carbocycles. The minimum Gasteiger partial charge on any atom is -1.00 e. The molecule has 2 atom stereocenters. The van der Waals surface area contributed by atoms with Gasteiger partial charge in [-0.2, -0.15) is 0 Å². The van der Waals surface area contributed by atoms with E-state index in [9.17, 15) is 0 Å². The molecular formula is C24H30ClN. The molecule has 1 saturated heterocycles. The van der Waals surface area contributed by atoms with Gasteiger partial charge in [0.05, 0.1) is 19.6 Å². The Morgan fingerprint density at radius 3 is 2.12 bits per heavy atom. The first-order valence-corrected chi connectivity index (χ1v) is 10.0. The highest BCUT2D eigenvalue weighted by Gasteiger charge is 2.22. The molecule has 0 radical (unpaired) electrons. The van der Waals surface area contributed by atoms with Crippen LogP contribution in [-0.2, 0) is 12.8 Å². The largest absolute Gasteiger partial charge is 1.00 e. The molecule has 4 rings (SSSR count). The summed E-state index contributed by atoms with van der Waals surface area (Å²) in [7, 11) is 2.38. The Morgan fingerprint density at radius 2 is 1.50 bits per heavy atom. The number of aryl methyl sites for hydroxylation is 2. The second kappa shape index (κ2) is 8.88. The maximum Gasteiger partial charge on any atom is 0.0907 e. The zero-order valence-corrected chi connectivity index (χ0v) is 16.6. The quantitative estimate of drug-likeness (QED) is 0.810. The first kappa shape index (κ1) is 19.2. The fourth-order valence-electron chi connectivity index (χ4n) is 4.66. The number of rotatable bonds is 2. The number of quaternary nitrogens is 1. The minimum absolute atomic E-state index is 0. The lowest BCUT2D eigenvalue weighted by atomic mass is 9.84. The molecule has 2 aromatic rings. The molecule has 0 bridgehead atoms. The minimum atomic E-state index is 0. The summed E-state index contributed by atoms with van der Waals surface area (Å²) in [4.78, 5) is 1.72. The second-order valence-corrected chi connectivity index (χ2v) is 7.81. The maximum atomic E-state index is 2.56. The molecule has 138 valence electrons. The lowest BCUT2D eigenvalue weighted by Gasteiger charge is -2.29. The van der Waals surface area contributed by atoms with Crippen LogP contribution in [0.2, 0.25) is 0 Å². The molecular weight excluding hydrogens is 338 g/mol. The van der Waals surface area contributed by atoms with Crippen LogP contribution in [0.5, 0.6) is 0 Å². The summed E-state index contributed by atoms with van der Waals surface area (Å²) in [6, 6.07) is 18.9. The van der Waals surface area contributed by atoms with Crippen molar-refractivity contribution in [3.63, 3.8) is 0 Å². The summed E-state index contributed by atoms with van der Waals surface area (Å²) in [5, 5.41) is 0. The molecule has 0 aromatic heterocycles. The molecule has 0 saturated carbocycles. The number of halogens is 1. The molecule has 2 unspecified atom stereocenters. The Labute approximate surface area is 164 Å². The van der Waals surface area contributed by atoms with Gasteiger partial charge in [-0.1, -0.05) is 54.6 Å². The SMILES string of the molecule is C[NH+]1CCCCC1CC=C1c2ccccc2CCCc2ccccc21.[Cl-]. The predicted molar refractivity (Wildman–Crippen MR) is 106 cm³/mol. The molecule has 1 nitrogen and oxygen atoms in total. The van der Waals surface area contributed by atoms with E-state index in [0.29, 0.717) is 0 Å². The Kier molecular flexibility index (Phi) is 6.56. The Hall–Kier alpha value is -1.57. The van der Waals surface area contributed by atoms with E-state index in [2.05, 4.69) is 61.7 Å². The molecule has 0 amide bonds. The third-order valence-corrected chi connectivity index (χ3v) is 6.18. The van der Waals surface area contributed by atoms with Crippen LogP contribution in [0.1, 0.15) is 54.4 Å². The van der Waals surface area contributed by atoms with E-state index < -0.39 is 0 Å². The van der Waals surface area contributed by atoms with Crippen molar-refractivity contribution >= 4 is 5.57 Å². The number of benzene rings is 2. The van der Waals surface area contributed by atoms with Gasteiger partial charge in [-0.3, -0.25) is 0 Å². The molecule has 2 aliphatic rings. The summed E-state index contributed by atoms with van der Waals surface area (Å²) in [5.41, 5.74) is 7.44. The average Bonchev–Trinajstić information content (AvgIpc) is 2.64. The van der Waals surface area contributed by atoms with Crippen molar-refractivity contribution in [2.45, 2.75) is 51.0 Å². The van der Waals surface area contributed by atoms with Gasteiger partial charge in [0.2, 0.25) is 0 Å². The van der Waals surface area contributed by atoms with Crippen molar-refractivity contribution in [1.29, 1.82) is 0 Å². The highest BCUT2D eigenvalue weighted by atomic mass is 35.5. The lowest BCUT2D eigenvalue weighted by molar-refractivity contribution is -0.910. The van der Waals surface area contributed by atoms with Crippen molar-refractivity contribution in [1.82, 2.24) is 0 Å². The van der Waals surface area contributed by atoms with Gasteiger partial charge in [0, 0.05) is 6.42 Å². The Balaban J connectivity index is 0.00000196. The fraction of sp³-hybridized carbons (Fsp3) is 0.417. The van der Waals surface area contributed by atoms with Gasteiger partial charge in [0.25, 0.3) is 0 Å². The molecule has 1 fully saturated rings. The number of piperidine rings is 1. The number of hydrogen-bond acceptors (Lipinski definition) is 0. The first-order valence-electron chi connectivity index (χ1n) is 10.0. The van der Waals surface area contributed by atoms with Crippen LogP contribution in [0.25, 0.3) is 5.57 Å². The van der Waals surface area contributed by atoms with Crippen LogP contribution in [0.3, 0.4) is 0 Å². The van der Waals surface area contributed by atoms with E-state index in [1.165, 1.54) is 79.3 Å². The average molecular weight is 368 g/mol. The monoisotopic (exact) mass is 367 g/mol. The van der Waals surface area contributed by atoms with Gasteiger partial charge >= 0.3 is 0 Å². The normalized spacial score (nSPS) is 22.3. The van der Waals surface area contributed by atoms with Crippen molar-refractivity contribution in [3.8, 4) is 0 Å². The van der Waals surface area contributed by atoms with E-state index in [1.807, 2.05) is 0 Å². The standard InChI is InChI=1S/C24H29N.ClH/c1-25-18-7-6-13-21(25)16-17-24-22-14-4-2-9-19(22)11-8-12-20-10-3-5-15-23(20)24;/h2-5,9-10,14-15,17,21H,6-8,11-13,16,18H2,1H3;1H. The highest BCUT2D eigenvalue weighted by molar-refractivity contribution is 5.83. The highest BCUT2D eigenvalue weighted by Crippen LogP contribution is 2.33. The summed E-state index contributed by atoms with van der Waals surface area (Å²) in [6.07, 6.45) is 11.6. The van der Waals surface area contributed by atoms with E-state index >= 15 is 0 Å². The fourth-order valence-corrected chi connectivity index (χ4v) is 4.66. The van der Waals surface area contributed by atoms with Crippen LogP contribution < -0.4 is 17.3 Å². The molecule has 1 N–H and O–H groups in total. The van der Waals surface area contributed by atoms with Gasteiger partial charge in [-0.25, -0.2) is 0 Å². The molecule has 1 aliphatic heterocycles. The van der Waals surface area contributed by atoms with Crippen LogP contribution in [-0.4, -0.2) is 19.6 Å². The third kappa shape index (κ3) is 4.05. The lowest BCUT2D eigenvalue weighted by Crippen LogP contribution is -3.13. The van der Waals surface area contributed by atoms with Crippen LogP contribution in [0.4, 0.5) is 0 Å². The van der Waals surface area contributed by atoms with E-state index in [-0.39, 0.29) is 12.4 Å². The van der Waals surface area contributed by atoms with Gasteiger partial charge in [-0.15, -0.1) is 0 Å². The van der Waals surface area contributed by atoms with Gasteiger partial charge in [0.1, 0.15) is 0 Å². The molecule has 2 heteroatoms. The molecule has 1 heterocycles.